The Morgan fingerprint density at radius 1 is 1.10 bits per heavy atom. The van der Waals surface area contributed by atoms with E-state index < -0.39 is 0 Å². The zero-order chi connectivity index (χ0) is 14.7. The third-order valence-corrected chi connectivity index (χ3v) is 4.08. The summed E-state index contributed by atoms with van der Waals surface area (Å²) in [5, 5.41) is 0. The van der Waals surface area contributed by atoms with Gasteiger partial charge < -0.3 is 9.64 Å². The molecule has 1 amide bonds. The van der Waals surface area contributed by atoms with Gasteiger partial charge in [-0.1, -0.05) is 15.9 Å². The van der Waals surface area contributed by atoms with Crippen LogP contribution >= 0.6 is 31.9 Å². The molecule has 0 spiro atoms. The van der Waals surface area contributed by atoms with Crippen molar-refractivity contribution in [2.24, 2.45) is 0 Å². The van der Waals surface area contributed by atoms with Gasteiger partial charge in [0.25, 0.3) is 5.91 Å². The van der Waals surface area contributed by atoms with Crippen LogP contribution in [-0.2, 0) is 0 Å². The normalized spacial score (nSPS) is 10.2. The lowest BCUT2D eigenvalue weighted by Crippen LogP contribution is -2.26. The number of anilines is 1. The number of rotatable bonds is 3. The Morgan fingerprint density at radius 2 is 1.75 bits per heavy atom. The molecule has 0 saturated heterocycles. The van der Waals surface area contributed by atoms with E-state index in [1.54, 1.807) is 25.1 Å². The van der Waals surface area contributed by atoms with Crippen molar-refractivity contribution in [1.29, 1.82) is 0 Å². The lowest BCUT2D eigenvalue weighted by atomic mass is 10.2. The second-order valence-electron chi connectivity index (χ2n) is 4.19. The van der Waals surface area contributed by atoms with Crippen molar-refractivity contribution < 1.29 is 9.53 Å². The standard InChI is InChI=1S/C15H13Br2NO2/c1-18(11-4-6-12(20-2)7-5-11)15(19)13-8-3-10(16)9-14(13)17/h3-9H,1-2H3. The van der Waals surface area contributed by atoms with E-state index in [0.29, 0.717) is 5.56 Å². The highest BCUT2D eigenvalue weighted by Gasteiger charge is 2.16. The molecule has 0 aliphatic rings. The Kier molecular flexibility index (Phi) is 4.83. The molecule has 0 fully saturated rings. The van der Waals surface area contributed by atoms with E-state index in [1.165, 1.54) is 0 Å². The minimum Gasteiger partial charge on any atom is -0.497 e. The minimum absolute atomic E-state index is 0.0745. The van der Waals surface area contributed by atoms with Crippen molar-refractivity contribution >= 4 is 43.5 Å². The van der Waals surface area contributed by atoms with Crippen LogP contribution in [0.4, 0.5) is 5.69 Å². The van der Waals surface area contributed by atoms with E-state index in [0.717, 1.165) is 20.4 Å². The summed E-state index contributed by atoms with van der Waals surface area (Å²) in [4.78, 5) is 14.1. The monoisotopic (exact) mass is 397 g/mol. The average molecular weight is 399 g/mol. The lowest BCUT2D eigenvalue weighted by Gasteiger charge is -2.18. The molecule has 0 bridgehead atoms. The number of halogens is 2. The fourth-order valence-corrected chi connectivity index (χ4v) is 2.98. The van der Waals surface area contributed by atoms with Crippen molar-refractivity contribution in [3.63, 3.8) is 0 Å². The summed E-state index contributed by atoms with van der Waals surface area (Å²) < 4.78 is 6.80. The number of benzene rings is 2. The van der Waals surface area contributed by atoms with Crippen molar-refractivity contribution in [1.82, 2.24) is 0 Å². The van der Waals surface area contributed by atoms with Crippen molar-refractivity contribution in [2.75, 3.05) is 19.1 Å². The Morgan fingerprint density at radius 3 is 2.30 bits per heavy atom. The van der Waals surface area contributed by atoms with Gasteiger partial charge in [0.2, 0.25) is 0 Å². The molecule has 0 radical (unpaired) electrons. The predicted molar refractivity (Wildman–Crippen MR) is 87.6 cm³/mol. The van der Waals surface area contributed by atoms with Crippen LogP contribution in [-0.4, -0.2) is 20.1 Å². The van der Waals surface area contributed by atoms with E-state index >= 15 is 0 Å². The fraction of sp³-hybridized carbons (Fsp3) is 0.133. The SMILES string of the molecule is COc1ccc(N(C)C(=O)c2ccc(Br)cc2Br)cc1. The van der Waals surface area contributed by atoms with Gasteiger partial charge in [-0.3, -0.25) is 4.79 Å². The molecule has 2 rings (SSSR count). The van der Waals surface area contributed by atoms with Crippen LogP contribution in [0.3, 0.4) is 0 Å². The molecule has 20 heavy (non-hydrogen) atoms. The summed E-state index contributed by atoms with van der Waals surface area (Å²) in [6.45, 7) is 0. The van der Waals surface area contributed by atoms with Gasteiger partial charge in [0.1, 0.15) is 5.75 Å². The molecule has 2 aromatic carbocycles. The first-order valence-corrected chi connectivity index (χ1v) is 7.48. The second kappa shape index (κ2) is 6.41. The number of ether oxygens (including phenoxy) is 1. The minimum atomic E-state index is -0.0745. The number of methoxy groups -OCH3 is 1. The maximum Gasteiger partial charge on any atom is 0.259 e. The molecule has 0 N–H and O–H groups in total. The number of amides is 1. The van der Waals surface area contributed by atoms with Gasteiger partial charge in [-0.2, -0.15) is 0 Å². The molecule has 3 nitrogen and oxygen atoms in total. The van der Waals surface area contributed by atoms with Crippen LogP contribution in [0.15, 0.2) is 51.4 Å². The molecule has 5 heteroatoms. The predicted octanol–water partition coefficient (Wildman–Crippen LogP) is 4.50. The van der Waals surface area contributed by atoms with Gasteiger partial charge in [-0.15, -0.1) is 0 Å². The van der Waals surface area contributed by atoms with Gasteiger partial charge in [0.05, 0.1) is 12.7 Å². The number of hydrogen-bond acceptors (Lipinski definition) is 2. The summed E-state index contributed by atoms with van der Waals surface area (Å²) in [6.07, 6.45) is 0. The van der Waals surface area contributed by atoms with Crippen LogP contribution in [0.2, 0.25) is 0 Å². The van der Waals surface area contributed by atoms with Crippen LogP contribution in [0, 0.1) is 0 Å². The fourth-order valence-electron chi connectivity index (χ4n) is 1.77. The summed E-state index contributed by atoms with van der Waals surface area (Å²) in [5.41, 5.74) is 1.43. The summed E-state index contributed by atoms with van der Waals surface area (Å²) in [7, 11) is 3.36. The van der Waals surface area contributed by atoms with E-state index in [-0.39, 0.29) is 5.91 Å². The zero-order valence-corrected chi connectivity index (χ0v) is 14.2. The molecule has 0 aromatic heterocycles. The molecule has 104 valence electrons. The topological polar surface area (TPSA) is 29.5 Å². The number of hydrogen-bond donors (Lipinski definition) is 0. The van der Waals surface area contributed by atoms with Gasteiger partial charge >= 0.3 is 0 Å². The van der Waals surface area contributed by atoms with Gasteiger partial charge in [-0.25, -0.2) is 0 Å². The Hall–Kier alpha value is -1.33. The summed E-state index contributed by atoms with van der Waals surface area (Å²) >= 11 is 6.79. The Labute approximate surface area is 134 Å². The highest BCUT2D eigenvalue weighted by Crippen LogP contribution is 2.25. The number of nitrogens with zero attached hydrogens (tertiary/aromatic N) is 1. The van der Waals surface area contributed by atoms with Crippen LogP contribution < -0.4 is 9.64 Å². The van der Waals surface area contributed by atoms with Crippen molar-refractivity contribution in [2.45, 2.75) is 0 Å². The number of carbonyl (C=O) groups is 1. The molecular weight excluding hydrogens is 386 g/mol. The van der Waals surface area contributed by atoms with E-state index in [2.05, 4.69) is 31.9 Å². The van der Waals surface area contributed by atoms with Crippen LogP contribution in [0.5, 0.6) is 5.75 Å². The smallest absolute Gasteiger partial charge is 0.259 e. The average Bonchev–Trinajstić information content (AvgIpc) is 2.46. The van der Waals surface area contributed by atoms with Gasteiger partial charge in [0.15, 0.2) is 0 Å². The van der Waals surface area contributed by atoms with Crippen LogP contribution in [0.25, 0.3) is 0 Å². The third-order valence-electron chi connectivity index (χ3n) is 2.93. The molecule has 2 aromatic rings. The largest absolute Gasteiger partial charge is 0.497 e. The third kappa shape index (κ3) is 3.22. The van der Waals surface area contributed by atoms with Gasteiger partial charge in [0, 0.05) is 21.7 Å². The first-order valence-electron chi connectivity index (χ1n) is 5.90. The summed E-state index contributed by atoms with van der Waals surface area (Å²) in [5.74, 6) is 0.689. The van der Waals surface area contributed by atoms with E-state index in [4.69, 9.17) is 4.74 Å². The van der Waals surface area contributed by atoms with Gasteiger partial charge in [-0.05, 0) is 58.4 Å². The first-order chi connectivity index (χ1) is 9.52. The number of carbonyl (C=O) groups excluding carboxylic acids is 1. The zero-order valence-electron chi connectivity index (χ0n) is 11.1. The lowest BCUT2D eigenvalue weighted by molar-refractivity contribution is 0.0992. The first kappa shape index (κ1) is 15.1. The maximum absolute atomic E-state index is 12.5. The van der Waals surface area contributed by atoms with Crippen LogP contribution in [0.1, 0.15) is 10.4 Å². The van der Waals surface area contributed by atoms with Crippen molar-refractivity contribution in [3.05, 3.63) is 57.0 Å². The molecule has 0 unspecified atom stereocenters. The molecule has 0 heterocycles. The maximum atomic E-state index is 12.5. The molecular formula is C15H13Br2NO2. The second-order valence-corrected chi connectivity index (χ2v) is 5.96. The highest BCUT2D eigenvalue weighted by atomic mass is 79.9. The molecule has 0 aliphatic heterocycles. The van der Waals surface area contributed by atoms with Crippen molar-refractivity contribution in [3.8, 4) is 5.75 Å². The highest BCUT2D eigenvalue weighted by molar-refractivity contribution is 9.11. The Balaban J connectivity index is 2.27. The Bertz CT molecular complexity index is 626. The quantitative estimate of drug-likeness (QED) is 0.761. The summed E-state index contributed by atoms with van der Waals surface area (Å²) in [6, 6.07) is 12.9. The van der Waals surface area contributed by atoms with E-state index in [9.17, 15) is 4.79 Å². The molecule has 0 atom stereocenters. The van der Waals surface area contributed by atoms with E-state index in [1.807, 2.05) is 36.4 Å². The molecule has 0 aliphatic carbocycles. The molecule has 0 saturated carbocycles.